The molecule has 77 heavy (non-hydrogen) atoms. The summed E-state index contributed by atoms with van der Waals surface area (Å²) in [6.07, 6.45) is 1.92. The number of anilines is 4. The van der Waals surface area contributed by atoms with E-state index in [1.807, 2.05) is 12.3 Å². The molecule has 0 N–H and O–H groups in total. The minimum atomic E-state index is -0.296. The van der Waals surface area contributed by atoms with Crippen LogP contribution in [0.3, 0.4) is 0 Å². The fourth-order valence-electron chi connectivity index (χ4n) is 10.8. The van der Waals surface area contributed by atoms with Crippen LogP contribution in [0.15, 0.2) is 158 Å². The Kier molecular flexibility index (Phi) is 15.1. The molecule has 0 unspecified atom stereocenters. The van der Waals surface area contributed by atoms with Crippen LogP contribution < -0.4 is 14.5 Å². The molecule has 0 aliphatic carbocycles. The molecule has 1 aliphatic heterocycles. The maximum Gasteiger partial charge on any atom is 4.00 e. The first-order valence-corrected chi connectivity index (χ1v) is 26.8. The van der Waals surface area contributed by atoms with E-state index in [1.165, 1.54) is 38.9 Å². The van der Waals surface area contributed by atoms with Crippen LogP contribution in [-0.4, -0.2) is 9.55 Å². The molecule has 2 aromatic heterocycles. The van der Waals surface area contributed by atoms with Crippen LogP contribution in [0.4, 0.5) is 22.7 Å². The molecule has 7 aromatic carbocycles. The smallest absolute Gasteiger partial charge is 0.509 e. The summed E-state index contributed by atoms with van der Waals surface area (Å²) in [5.74, 6) is 2.08. The van der Waals surface area contributed by atoms with Gasteiger partial charge < -0.3 is 26.5 Å². The first-order valence-electron chi connectivity index (χ1n) is 26.8. The zero-order valence-corrected chi connectivity index (χ0v) is 50.9. The van der Waals surface area contributed by atoms with Gasteiger partial charge in [-0.3, -0.25) is 0 Å². The fourth-order valence-corrected chi connectivity index (χ4v) is 10.8. The summed E-state index contributed by atoms with van der Waals surface area (Å²) in [6.45, 7) is 39.2. The van der Waals surface area contributed by atoms with Crippen molar-refractivity contribution in [2.75, 3.05) is 9.80 Å². The molecule has 3 heterocycles. The Hall–Kier alpha value is -6.42. The first-order chi connectivity index (χ1) is 35.2. The van der Waals surface area contributed by atoms with Crippen molar-refractivity contribution in [2.45, 2.75) is 143 Å². The Labute approximate surface area is 476 Å². The number of fused-ring (bicyclic) bond motifs is 4. The van der Waals surface area contributed by atoms with Crippen molar-refractivity contribution in [3.8, 4) is 17.3 Å². The van der Waals surface area contributed by atoms with Crippen molar-refractivity contribution in [3.05, 3.63) is 229 Å². The average Bonchev–Trinajstić information content (AvgIpc) is 3.92. The maximum absolute atomic E-state index is 7.02. The van der Waals surface area contributed by atoms with E-state index in [0.29, 0.717) is 11.5 Å². The summed E-state index contributed by atoms with van der Waals surface area (Å²) < 4.78 is 9.24. The van der Waals surface area contributed by atoms with E-state index >= 15 is 0 Å². The van der Waals surface area contributed by atoms with Gasteiger partial charge in [0.15, 0.2) is 0 Å². The SMILES string of the molecule is CC(C)(C)c1cc(Oc2[c-]c3c(cc2)c2ccccc2n3-c2cc(C(C)(C)C)ccn2)[c-]c(N2[CH-]N(c3cc(C(C)(C)c4ccccc4)cc(C(C)(C)c4ccccc4)c3)c3cc(C(C)(C)C)c(C(C)(C)C)cc32)c1.[CH3-].[Pt+4]. The molecule has 9 aromatic rings. The molecule has 6 heteroatoms. The van der Waals surface area contributed by atoms with Crippen molar-refractivity contribution in [1.29, 1.82) is 0 Å². The Morgan fingerprint density at radius 1 is 0.442 bits per heavy atom. The topological polar surface area (TPSA) is 33.5 Å². The van der Waals surface area contributed by atoms with Crippen molar-refractivity contribution >= 4 is 44.6 Å². The van der Waals surface area contributed by atoms with Crippen LogP contribution in [0.1, 0.15) is 155 Å². The molecular weight excluding hydrogens is 1120 g/mol. The minimum Gasteiger partial charge on any atom is -0.509 e. The number of pyridine rings is 1. The van der Waals surface area contributed by atoms with Crippen molar-refractivity contribution in [1.82, 2.24) is 9.55 Å². The van der Waals surface area contributed by atoms with E-state index in [4.69, 9.17) is 9.72 Å². The predicted octanol–water partition coefficient (Wildman–Crippen LogP) is 19.3. The molecular formula is C71H78N4OPt. The molecule has 0 fully saturated rings. The van der Waals surface area contributed by atoms with Gasteiger partial charge in [-0.2, -0.15) is 6.07 Å². The van der Waals surface area contributed by atoms with E-state index in [1.54, 1.807) is 0 Å². The summed E-state index contributed by atoms with van der Waals surface area (Å²) in [4.78, 5) is 9.70. The third-order valence-corrected chi connectivity index (χ3v) is 15.7. The maximum atomic E-state index is 7.02. The molecule has 0 amide bonds. The monoisotopic (exact) mass is 1200 g/mol. The molecule has 0 saturated heterocycles. The van der Waals surface area contributed by atoms with Gasteiger partial charge in [-0.25, -0.2) is 4.98 Å². The quantitative estimate of drug-likeness (QED) is 0.135. The normalized spacial score (nSPS) is 13.4. The largest absolute Gasteiger partial charge is 4.00 e. The summed E-state index contributed by atoms with van der Waals surface area (Å²) in [5.41, 5.74) is 15.2. The summed E-state index contributed by atoms with van der Waals surface area (Å²) in [6, 6.07) is 63.1. The van der Waals surface area contributed by atoms with Gasteiger partial charge in [0.05, 0.1) is 0 Å². The molecule has 0 radical (unpaired) electrons. The zero-order valence-electron chi connectivity index (χ0n) is 48.6. The third-order valence-electron chi connectivity index (χ3n) is 15.7. The van der Waals surface area contributed by atoms with Gasteiger partial charge >= 0.3 is 21.1 Å². The summed E-state index contributed by atoms with van der Waals surface area (Å²) in [7, 11) is 0. The fraction of sp³-hybridized carbons (Fsp3) is 0.310. The van der Waals surface area contributed by atoms with Gasteiger partial charge in [-0.15, -0.1) is 53.6 Å². The molecule has 0 bridgehead atoms. The molecule has 10 rings (SSSR count). The van der Waals surface area contributed by atoms with Crippen molar-refractivity contribution < 1.29 is 25.8 Å². The number of ether oxygens (including phenoxy) is 1. The number of hydrogen-bond donors (Lipinski definition) is 0. The number of nitrogens with zero attached hydrogens (tertiary/aromatic N) is 4. The first kappa shape index (κ1) is 56.8. The summed E-state index contributed by atoms with van der Waals surface area (Å²) in [5, 5.41) is 2.23. The van der Waals surface area contributed by atoms with Crippen molar-refractivity contribution in [2.24, 2.45) is 0 Å². The van der Waals surface area contributed by atoms with E-state index in [2.05, 4.69) is 290 Å². The Morgan fingerprint density at radius 3 is 1.52 bits per heavy atom. The van der Waals surface area contributed by atoms with Gasteiger partial charge in [-0.1, -0.05) is 201 Å². The number of para-hydroxylation sites is 1. The van der Waals surface area contributed by atoms with Crippen LogP contribution in [-0.2, 0) is 53.6 Å². The number of benzene rings is 7. The molecule has 1 aliphatic rings. The van der Waals surface area contributed by atoms with Crippen molar-refractivity contribution in [3.63, 3.8) is 0 Å². The Morgan fingerprint density at radius 2 is 0.974 bits per heavy atom. The molecule has 0 spiro atoms. The molecule has 398 valence electrons. The molecule has 0 atom stereocenters. The number of hydrogen-bond acceptors (Lipinski definition) is 4. The second-order valence-corrected chi connectivity index (χ2v) is 26.1. The second kappa shape index (κ2) is 20.4. The Bertz CT molecular complexity index is 3530. The standard InChI is InChI=1S/C70H75N4O.CH3.Pt/c1-65(2,3)48-33-34-71-64(40-48)74-60-30-24-23-29-56(60)57-32-31-54(42-61(57)74)75-55-39-49(66(4,5)6)36-53(41-55)73-45-72(62-43-58(67(7,8)9)59(44-63(62)73)68(10,11)12)52-37-50(69(13,14)46-25-19-17-20-26-46)35-51(38-52)70(15,16)47-27-21-18-22-28-47;;/h17-40,43-45H,1-16H3;1H3;/q-3;-1;+4. The van der Waals surface area contributed by atoms with Crippen LogP contribution in [0.5, 0.6) is 11.5 Å². The van der Waals surface area contributed by atoms with Crippen LogP contribution in [0.25, 0.3) is 27.6 Å². The second-order valence-electron chi connectivity index (χ2n) is 26.1. The molecule has 5 nitrogen and oxygen atoms in total. The average molecular weight is 1200 g/mol. The van der Waals surface area contributed by atoms with E-state index in [-0.39, 0.29) is 61.0 Å². The van der Waals surface area contributed by atoms with Gasteiger partial charge in [0.25, 0.3) is 0 Å². The predicted molar refractivity (Wildman–Crippen MR) is 323 cm³/mol. The van der Waals surface area contributed by atoms with Crippen LogP contribution in [0, 0.1) is 26.2 Å². The van der Waals surface area contributed by atoms with E-state index in [0.717, 1.165) is 55.9 Å². The summed E-state index contributed by atoms with van der Waals surface area (Å²) >= 11 is 0. The third kappa shape index (κ3) is 10.8. The Balaban J connectivity index is 0.00000392. The van der Waals surface area contributed by atoms with Crippen LogP contribution >= 0.6 is 0 Å². The van der Waals surface area contributed by atoms with Gasteiger partial charge in [0, 0.05) is 51.1 Å². The zero-order chi connectivity index (χ0) is 53.6. The van der Waals surface area contributed by atoms with Crippen LogP contribution in [0.2, 0.25) is 0 Å². The minimum absolute atomic E-state index is 0. The molecule has 0 saturated carbocycles. The van der Waals surface area contributed by atoms with Gasteiger partial charge in [0.2, 0.25) is 0 Å². The number of rotatable bonds is 9. The van der Waals surface area contributed by atoms with E-state index < -0.39 is 0 Å². The van der Waals surface area contributed by atoms with Gasteiger partial charge in [-0.05, 0) is 108 Å². The van der Waals surface area contributed by atoms with E-state index in [9.17, 15) is 0 Å². The number of aromatic nitrogens is 2. The van der Waals surface area contributed by atoms with Gasteiger partial charge in [0.1, 0.15) is 5.82 Å².